The molecule has 3 heteroatoms. The summed E-state index contributed by atoms with van der Waals surface area (Å²) in [6, 6.07) is 65.4. The van der Waals surface area contributed by atoms with Crippen LogP contribution in [-0.2, 0) is 16.2 Å². The first kappa shape index (κ1) is 41.6. The molecule has 15 rings (SSSR count). The molecular formula is C69H53NO2. The summed E-state index contributed by atoms with van der Waals surface area (Å²) < 4.78 is 14.0. The Hall–Kier alpha value is -8.14. The lowest BCUT2D eigenvalue weighted by Crippen LogP contribution is -2.24. The lowest BCUT2D eigenvalue weighted by Gasteiger charge is -2.32. The summed E-state index contributed by atoms with van der Waals surface area (Å²) in [5.74, 6) is 0. The highest BCUT2D eigenvalue weighted by Gasteiger charge is 2.49. The van der Waals surface area contributed by atoms with Crippen molar-refractivity contribution in [2.45, 2.75) is 71.6 Å². The smallest absolute Gasteiger partial charge is 0.144 e. The summed E-state index contributed by atoms with van der Waals surface area (Å²) >= 11 is 0. The van der Waals surface area contributed by atoms with Crippen LogP contribution in [0, 0.1) is 13.8 Å². The van der Waals surface area contributed by atoms with Crippen molar-refractivity contribution in [1.82, 2.24) is 0 Å². The van der Waals surface area contributed by atoms with Crippen LogP contribution >= 0.6 is 0 Å². The van der Waals surface area contributed by atoms with Crippen molar-refractivity contribution in [3.63, 3.8) is 0 Å². The quantitative estimate of drug-likeness (QED) is 0.176. The minimum atomic E-state index is -0.328. The van der Waals surface area contributed by atoms with Gasteiger partial charge in [-0.1, -0.05) is 174 Å². The molecule has 72 heavy (non-hydrogen) atoms. The molecule has 0 atom stereocenters. The van der Waals surface area contributed by atoms with Crippen molar-refractivity contribution in [1.29, 1.82) is 0 Å². The van der Waals surface area contributed by atoms with Gasteiger partial charge in [0.05, 0.1) is 0 Å². The second kappa shape index (κ2) is 14.0. The van der Waals surface area contributed by atoms with Crippen LogP contribution in [0.5, 0.6) is 0 Å². The van der Waals surface area contributed by atoms with Gasteiger partial charge >= 0.3 is 0 Å². The Morgan fingerprint density at radius 2 is 0.917 bits per heavy atom. The first-order valence-corrected chi connectivity index (χ1v) is 25.6. The molecule has 3 nitrogen and oxygen atoms in total. The molecule has 0 spiro atoms. The molecule has 12 aromatic rings. The topological polar surface area (TPSA) is 29.5 Å². The van der Waals surface area contributed by atoms with Crippen molar-refractivity contribution in [3.05, 3.63) is 220 Å². The lowest BCUT2D eigenvalue weighted by molar-refractivity contribution is 0.600. The molecule has 0 fully saturated rings. The Morgan fingerprint density at radius 1 is 0.375 bits per heavy atom. The molecule has 2 aromatic heterocycles. The molecule has 0 amide bonds. The highest BCUT2D eigenvalue weighted by Crippen LogP contribution is 2.64. The average Bonchev–Trinajstić information content (AvgIpc) is 4.14. The Kier molecular flexibility index (Phi) is 8.12. The maximum atomic E-state index is 7.00. The number of para-hydroxylation sites is 2. The van der Waals surface area contributed by atoms with Gasteiger partial charge in [0.2, 0.25) is 0 Å². The van der Waals surface area contributed by atoms with Crippen LogP contribution in [0.15, 0.2) is 185 Å². The monoisotopic (exact) mass is 927 g/mol. The second-order valence-electron chi connectivity index (χ2n) is 22.5. The van der Waals surface area contributed by atoms with Gasteiger partial charge in [0.15, 0.2) is 0 Å². The molecule has 0 radical (unpaired) electrons. The van der Waals surface area contributed by atoms with E-state index >= 15 is 0 Å². The fourth-order valence-electron chi connectivity index (χ4n) is 14.0. The van der Waals surface area contributed by atoms with E-state index in [1.165, 1.54) is 116 Å². The minimum absolute atomic E-state index is 0.227. The highest BCUT2D eigenvalue weighted by molar-refractivity contribution is 6.22. The van der Waals surface area contributed by atoms with Crippen molar-refractivity contribution < 1.29 is 8.83 Å². The summed E-state index contributed by atoms with van der Waals surface area (Å²) in [5, 5.41) is 7.18. The van der Waals surface area contributed by atoms with E-state index in [-0.39, 0.29) is 16.2 Å². The van der Waals surface area contributed by atoms with Gasteiger partial charge in [0.1, 0.15) is 22.3 Å². The van der Waals surface area contributed by atoms with Crippen LogP contribution < -0.4 is 4.90 Å². The zero-order valence-electron chi connectivity index (χ0n) is 42.0. The van der Waals surface area contributed by atoms with E-state index in [4.69, 9.17) is 8.83 Å². The van der Waals surface area contributed by atoms with Gasteiger partial charge in [-0.2, -0.15) is 0 Å². The number of furan rings is 2. The Bertz CT molecular complexity index is 4390. The third kappa shape index (κ3) is 5.25. The number of nitrogens with zero attached hydrogens (tertiary/aromatic N) is 1. The van der Waals surface area contributed by atoms with E-state index in [0.717, 1.165) is 44.7 Å². The van der Waals surface area contributed by atoms with Gasteiger partial charge in [0.25, 0.3) is 0 Å². The predicted octanol–water partition coefficient (Wildman–Crippen LogP) is 19.3. The molecule has 0 saturated heterocycles. The lowest BCUT2D eigenvalue weighted by atomic mass is 9.72. The summed E-state index contributed by atoms with van der Waals surface area (Å²) in [7, 11) is 0. The minimum Gasteiger partial charge on any atom is -0.455 e. The van der Waals surface area contributed by atoms with Gasteiger partial charge in [0, 0.05) is 66.0 Å². The van der Waals surface area contributed by atoms with Crippen molar-refractivity contribution in [2.24, 2.45) is 0 Å². The first-order chi connectivity index (χ1) is 34.8. The third-order valence-electron chi connectivity index (χ3n) is 17.3. The van der Waals surface area contributed by atoms with Gasteiger partial charge in [-0.25, -0.2) is 0 Å². The van der Waals surface area contributed by atoms with E-state index < -0.39 is 0 Å². The van der Waals surface area contributed by atoms with E-state index in [0.29, 0.717) is 0 Å². The average molecular weight is 928 g/mol. The van der Waals surface area contributed by atoms with Gasteiger partial charge in [-0.15, -0.1) is 0 Å². The molecule has 0 N–H and O–H groups in total. The van der Waals surface area contributed by atoms with Gasteiger partial charge in [-0.3, -0.25) is 0 Å². The Morgan fingerprint density at radius 3 is 1.64 bits per heavy atom. The largest absolute Gasteiger partial charge is 0.455 e. The number of fused-ring (bicyclic) bond motifs is 20. The van der Waals surface area contributed by atoms with Gasteiger partial charge < -0.3 is 13.7 Å². The van der Waals surface area contributed by atoms with Crippen LogP contribution in [0.4, 0.5) is 17.1 Å². The molecule has 346 valence electrons. The first-order valence-electron chi connectivity index (χ1n) is 25.6. The molecule has 10 aromatic carbocycles. The molecule has 0 bridgehead atoms. The van der Waals surface area contributed by atoms with E-state index in [1.807, 2.05) is 0 Å². The van der Waals surface area contributed by atoms with Crippen LogP contribution in [0.3, 0.4) is 0 Å². The maximum Gasteiger partial charge on any atom is 0.144 e. The summed E-state index contributed by atoms with van der Waals surface area (Å²) in [4.78, 5) is 2.52. The Labute approximate surface area is 420 Å². The predicted molar refractivity (Wildman–Crippen MR) is 301 cm³/mol. The fraction of sp³-hybridized carbons (Fsp3) is 0.159. The summed E-state index contributed by atoms with van der Waals surface area (Å²) in [6.07, 6.45) is 0. The number of anilines is 3. The molecule has 2 heterocycles. The summed E-state index contributed by atoms with van der Waals surface area (Å²) in [6.45, 7) is 19.0. The molecule has 0 saturated carbocycles. The number of rotatable bonds is 4. The third-order valence-corrected chi connectivity index (χ3v) is 17.3. The molecule has 3 aliphatic rings. The van der Waals surface area contributed by atoms with E-state index in [1.54, 1.807) is 0 Å². The highest BCUT2D eigenvalue weighted by atomic mass is 16.3. The molecule has 0 unspecified atom stereocenters. The SMILES string of the molecule is Cc1ccc(N(c2ccc3c(c2)C(C)(C)c2cc(-c4cccc5ccccc45)c4oc5ccccc5c4c2-3)c2ccc3c(c2)C(C)(C)c2c4c(c5oc6ccccc6c5c2-3)-c2ccccc2C4(C)C)c(C)c1. The zero-order valence-corrected chi connectivity index (χ0v) is 42.0. The van der Waals surface area contributed by atoms with Crippen LogP contribution in [0.1, 0.15) is 86.1 Å². The molecular weight excluding hydrogens is 875 g/mol. The number of benzene rings is 10. The number of aryl methyl sites for hydroxylation is 2. The van der Waals surface area contributed by atoms with Crippen molar-refractivity contribution in [2.75, 3.05) is 4.90 Å². The zero-order chi connectivity index (χ0) is 48.7. The van der Waals surface area contributed by atoms with Gasteiger partial charge in [-0.05, 0) is 145 Å². The van der Waals surface area contributed by atoms with Crippen molar-refractivity contribution >= 4 is 71.7 Å². The van der Waals surface area contributed by atoms with E-state index in [2.05, 4.69) is 236 Å². The number of hydrogen-bond donors (Lipinski definition) is 0. The molecule has 3 aliphatic carbocycles. The number of hydrogen-bond acceptors (Lipinski definition) is 3. The van der Waals surface area contributed by atoms with Crippen LogP contribution in [0.2, 0.25) is 0 Å². The second-order valence-corrected chi connectivity index (χ2v) is 22.5. The van der Waals surface area contributed by atoms with Crippen LogP contribution in [0.25, 0.3) is 99.2 Å². The van der Waals surface area contributed by atoms with Crippen LogP contribution in [-0.4, -0.2) is 0 Å². The van der Waals surface area contributed by atoms with E-state index in [9.17, 15) is 0 Å². The fourth-order valence-corrected chi connectivity index (χ4v) is 14.0. The van der Waals surface area contributed by atoms with Crippen molar-refractivity contribution in [3.8, 4) is 44.5 Å². The maximum absolute atomic E-state index is 7.00. The normalized spacial score (nSPS) is 15.3. The Balaban J connectivity index is 0.953. The standard InChI is InChI=1S/C69H53NO2/c1-38-28-33-55(39(2)34-38)70(42-30-32-47-53(36-42)69(7,8)63-59(47)61-49-23-13-16-27-57(49)72-66(61)62-45-21-11-14-25-51(45)68(5,6)64(62)63)41-29-31-46-52(35-41)67(3,4)54-37-50(44-24-17-19-40-18-9-10-20-43(40)44)65-60(58(46)54)48-22-12-15-26-56(48)71-65/h9-37H,1-8H3. The molecule has 0 aliphatic heterocycles. The summed E-state index contributed by atoms with van der Waals surface area (Å²) in [5.41, 5.74) is 27.0.